The molecule has 0 saturated carbocycles. The lowest BCUT2D eigenvalue weighted by Crippen LogP contribution is -2.37. The standard InChI is InChI=1S/C13H18OS/c1-10(2)15-12-6-4-11(5-7-12)13(3)8-9-14-13/h4-7,10H,8-9H2,1-3H3. The largest absolute Gasteiger partial charge is 0.370 e. The zero-order valence-electron chi connectivity index (χ0n) is 9.62. The highest BCUT2D eigenvalue weighted by Gasteiger charge is 2.34. The van der Waals surface area contributed by atoms with E-state index in [4.69, 9.17) is 4.74 Å². The van der Waals surface area contributed by atoms with Crippen LogP contribution < -0.4 is 0 Å². The highest BCUT2D eigenvalue weighted by atomic mass is 32.2. The summed E-state index contributed by atoms with van der Waals surface area (Å²) in [4.78, 5) is 1.34. The molecular weight excluding hydrogens is 204 g/mol. The Morgan fingerprint density at radius 2 is 1.87 bits per heavy atom. The minimum absolute atomic E-state index is 0.0129. The van der Waals surface area contributed by atoms with E-state index in [9.17, 15) is 0 Å². The summed E-state index contributed by atoms with van der Waals surface area (Å²) >= 11 is 1.90. The van der Waals surface area contributed by atoms with Crippen LogP contribution in [0.3, 0.4) is 0 Å². The van der Waals surface area contributed by atoms with Gasteiger partial charge < -0.3 is 4.74 Å². The molecule has 1 heterocycles. The van der Waals surface area contributed by atoms with Crippen molar-refractivity contribution in [3.63, 3.8) is 0 Å². The Balaban J connectivity index is 2.10. The molecule has 1 saturated heterocycles. The van der Waals surface area contributed by atoms with Gasteiger partial charge in [0.1, 0.15) is 0 Å². The van der Waals surface area contributed by atoms with E-state index in [2.05, 4.69) is 45.0 Å². The first-order valence-corrected chi connectivity index (χ1v) is 6.39. The van der Waals surface area contributed by atoms with E-state index in [0.717, 1.165) is 13.0 Å². The van der Waals surface area contributed by atoms with Gasteiger partial charge in [-0.3, -0.25) is 0 Å². The van der Waals surface area contributed by atoms with Crippen LogP contribution in [0.15, 0.2) is 29.2 Å². The Bertz CT molecular complexity index is 325. The van der Waals surface area contributed by atoms with Crippen LogP contribution in [0, 0.1) is 0 Å². The number of thioether (sulfide) groups is 1. The van der Waals surface area contributed by atoms with Gasteiger partial charge in [-0.1, -0.05) is 26.0 Å². The van der Waals surface area contributed by atoms with E-state index in [-0.39, 0.29) is 5.60 Å². The summed E-state index contributed by atoms with van der Waals surface area (Å²) in [5, 5.41) is 0.645. The van der Waals surface area contributed by atoms with Crippen molar-refractivity contribution in [2.75, 3.05) is 6.61 Å². The summed E-state index contributed by atoms with van der Waals surface area (Å²) in [5.74, 6) is 0. The second kappa shape index (κ2) is 4.18. The van der Waals surface area contributed by atoms with E-state index in [1.165, 1.54) is 10.5 Å². The van der Waals surface area contributed by atoms with Crippen molar-refractivity contribution in [1.29, 1.82) is 0 Å². The zero-order chi connectivity index (χ0) is 10.9. The van der Waals surface area contributed by atoms with Gasteiger partial charge in [0.15, 0.2) is 0 Å². The van der Waals surface area contributed by atoms with E-state index < -0.39 is 0 Å². The highest BCUT2D eigenvalue weighted by Crippen LogP contribution is 2.37. The second-order valence-corrected chi connectivity index (χ2v) is 6.17. The summed E-state index contributed by atoms with van der Waals surface area (Å²) in [6.07, 6.45) is 1.14. The van der Waals surface area contributed by atoms with Crippen LogP contribution in [0.5, 0.6) is 0 Å². The molecule has 0 amide bonds. The van der Waals surface area contributed by atoms with Gasteiger partial charge in [-0.25, -0.2) is 0 Å². The molecule has 82 valence electrons. The average Bonchev–Trinajstić information content (AvgIpc) is 2.14. The van der Waals surface area contributed by atoms with Crippen molar-refractivity contribution in [3.8, 4) is 0 Å². The van der Waals surface area contributed by atoms with Crippen LogP contribution in [0.25, 0.3) is 0 Å². The Labute approximate surface area is 96.2 Å². The van der Waals surface area contributed by atoms with Gasteiger partial charge in [0.05, 0.1) is 12.2 Å². The molecule has 0 aliphatic carbocycles. The maximum Gasteiger partial charge on any atom is 0.0925 e. The van der Waals surface area contributed by atoms with Crippen molar-refractivity contribution in [2.24, 2.45) is 0 Å². The third-order valence-electron chi connectivity index (χ3n) is 2.84. The lowest BCUT2D eigenvalue weighted by molar-refractivity contribution is -0.140. The fourth-order valence-electron chi connectivity index (χ4n) is 1.79. The third-order valence-corrected chi connectivity index (χ3v) is 3.85. The summed E-state index contributed by atoms with van der Waals surface area (Å²) in [6, 6.07) is 8.80. The molecule has 1 nitrogen and oxygen atoms in total. The molecule has 2 heteroatoms. The quantitative estimate of drug-likeness (QED) is 0.719. The van der Waals surface area contributed by atoms with Crippen LogP contribution in [-0.2, 0) is 10.3 Å². The number of hydrogen-bond donors (Lipinski definition) is 0. The number of rotatable bonds is 3. The third kappa shape index (κ3) is 2.37. The van der Waals surface area contributed by atoms with Gasteiger partial charge >= 0.3 is 0 Å². The zero-order valence-corrected chi connectivity index (χ0v) is 10.4. The molecule has 0 spiro atoms. The minimum atomic E-state index is -0.0129. The molecule has 1 aromatic carbocycles. The summed E-state index contributed by atoms with van der Waals surface area (Å²) in [5.41, 5.74) is 1.29. The molecular formula is C13H18OS. The Morgan fingerprint density at radius 3 is 2.27 bits per heavy atom. The smallest absolute Gasteiger partial charge is 0.0925 e. The van der Waals surface area contributed by atoms with Crippen molar-refractivity contribution < 1.29 is 4.74 Å². The summed E-state index contributed by atoms with van der Waals surface area (Å²) in [6.45, 7) is 7.50. The lowest BCUT2D eigenvalue weighted by Gasteiger charge is -2.39. The average molecular weight is 222 g/mol. The lowest BCUT2D eigenvalue weighted by atomic mass is 9.89. The molecule has 1 aliphatic rings. The van der Waals surface area contributed by atoms with E-state index in [1.54, 1.807) is 0 Å². The number of hydrogen-bond acceptors (Lipinski definition) is 2. The maximum absolute atomic E-state index is 5.62. The second-order valence-electron chi connectivity index (χ2n) is 4.52. The summed E-state index contributed by atoms with van der Waals surface area (Å²) < 4.78 is 5.62. The van der Waals surface area contributed by atoms with Crippen molar-refractivity contribution in [3.05, 3.63) is 29.8 Å². The van der Waals surface area contributed by atoms with Gasteiger partial charge in [-0.05, 0) is 24.6 Å². The van der Waals surface area contributed by atoms with Crippen LogP contribution >= 0.6 is 11.8 Å². The van der Waals surface area contributed by atoms with E-state index in [1.807, 2.05) is 11.8 Å². The highest BCUT2D eigenvalue weighted by molar-refractivity contribution is 7.99. The van der Waals surface area contributed by atoms with E-state index in [0.29, 0.717) is 5.25 Å². The predicted octanol–water partition coefficient (Wildman–Crippen LogP) is 3.82. The van der Waals surface area contributed by atoms with Crippen molar-refractivity contribution in [2.45, 2.75) is 42.9 Å². The first kappa shape index (κ1) is 11.0. The predicted molar refractivity (Wildman–Crippen MR) is 65.4 cm³/mol. The number of benzene rings is 1. The Kier molecular flexibility index (Phi) is 3.08. The van der Waals surface area contributed by atoms with Crippen molar-refractivity contribution in [1.82, 2.24) is 0 Å². The van der Waals surface area contributed by atoms with Crippen LogP contribution in [-0.4, -0.2) is 11.9 Å². The molecule has 1 fully saturated rings. The van der Waals surface area contributed by atoms with Crippen molar-refractivity contribution >= 4 is 11.8 Å². The minimum Gasteiger partial charge on any atom is -0.370 e. The first-order valence-electron chi connectivity index (χ1n) is 5.51. The molecule has 1 aromatic rings. The molecule has 15 heavy (non-hydrogen) atoms. The fraction of sp³-hybridized carbons (Fsp3) is 0.538. The SMILES string of the molecule is CC(C)Sc1ccc(C2(C)CCO2)cc1. The maximum atomic E-state index is 5.62. The Morgan fingerprint density at radius 1 is 1.27 bits per heavy atom. The molecule has 0 radical (unpaired) electrons. The van der Waals surface area contributed by atoms with Gasteiger partial charge in [-0.2, -0.15) is 0 Å². The van der Waals surface area contributed by atoms with Crippen LogP contribution in [0.1, 0.15) is 32.8 Å². The topological polar surface area (TPSA) is 9.23 Å². The normalized spacial score (nSPS) is 25.3. The summed E-state index contributed by atoms with van der Waals surface area (Å²) in [7, 11) is 0. The molecule has 1 atom stereocenters. The van der Waals surface area contributed by atoms with Gasteiger partial charge in [0.25, 0.3) is 0 Å². The molecule has 0 bridgehead atoms. The molecule has 1 aliphatic heterocycles. The van der Waals surface area contributed by atoms with Gasteiger partial charge in [0, 0.05) is 16.6 Å². The van der Waals surface area contributed by atoms with Crippen LogP contribution in [0.4, 0.5) is 0 Å². The van der Waals surface area contributed by atoms with Gasteiger partial charge in [-0.15, -0.1) is 11.8 Å². The van der Waals surface area contributed by atoms with Gasteiger partial charge in [0.2, 0.25) is 0 Å². The van der Waals surface area contributed by atoms with Crippen LogP contribution in [0.2, 0.25) is 0 Å². The fourth-order valence-corrected chi connectivity index (χ4v) is 2.63. The molecule has 1 unspecified atom stereocenters. The molecule has 0 N–H and O–H groups in total. The van der Waals surface area contributed by atoms with E-state index >= 15 is 0 Å². The Hall–Kier alpha value is -0.470. The first-order chi connectivity index (χ1) is 7.10. The monoisotopic (exact) mass is 222 g/mol. The number of ether oxygens (including phenoxy) is 1. The molecule has 0 aromatic heterocycles. The molecule has 2 rings (SSSR count).